The summed E-state index contributed by atoms with van der Waals surface area (Å²) in [6.07, 6.45) is 1.86. The van der Waals surface area contributed by atoms with Crippen molar-refractivity contribution < 1.29 is 4.74 Å². The van der Waals surface area contributed by atoms with E-state index in [2.05, 4.69) is 27.8 Å². The maximum absolute atomic E-state index is 12.6. The molecule has 0 aliphatic rings. The molecule has 0 aliphatic carbocycles. The minimum Gasteiger partial charge on any atom is -0.385 e. The molecule has 6 heteroatoms. The van der Waals surface area contributed by atoms with Gasteiger partial charge < -0.3 is 4.74 Å². The normalized spacial score (nSPS) is 11.2. The number of methoxy groups -OCH3 is 1. The van der Waals surface area contributed by atoms with Crippen LogP contribution in [-0.4, -0.2) is 29.0 Å². The summed E-state index contributed by atoms with van der Waals surface area (Å²) in [5, 5.41) is 1.46. The summed E-state index contributed by atoms with van der Waals surface area (Å²) in [7, 11) is 1.70. The van der Waals surface area contributed by atoms with Crippen LogP contribution in [0.2, 0.25) is 0 Å². The molecular weight excluding hydrogens is 352 g/mol. The Morgan fingerprint density at radius 2 is 2.24 bits per heavy atom. The van der Waals surface area contributed by atoms with Crippen LogP contribution in [0, 0.1) is 0 Å². The molecule has 0 atom stereocenters. The summed E-state index contributed by atoms with van der Waals surface area (Å²) in [5.41, 5.74) is 0.794. The molecule has 1 heterocycles. The molecule has 4 nitrogen and oxygen atoms in total. The van der Waals surface area contributed by atoms with Gasteiger partial charge in [-0.25, -0.2) is 4.98 Å². The minimum absolute atomic E-state index is 0.0393. The fraction of sp³-hybridized carbons (Fsp3) is 0.467. The Morgan fingerprint density at radius 1 is 1.43 bits per heavy atom. The van der Waals surface area contributed by atoms with Gasteiger partial charge in [0.1, 0.15) is 0 Å². The van der Waals surface area contributed by atoms with Crippen LogP contribution in [0.15, 0.2) is 32.6 Å². The Hall–Kier alpha value is -0.850. The highest BCUT2D eigenvalue weighted by Crippen LogP contribution is 2.21. The van der Waals surface area contributed by atoms with Gasteiger partial charge in [0.2, 0.25) is 0 Å². The lowest BCUT2D eigenvalue weighted by Gasteiger charge is -2.12. The van der Waals surface area contributed by atoms with Gasteiger partial charge in [-0.15, -0.1) is 0 Å². The van der Waals surface area contributed by atoms with Gasteiger partial charge in [0.15, 0.2) is 5.16 Å². The van der Waals surface area contributed by atoms with E-state index in [4.69, 9.17) is 4.74 Å². The number of hydrogen-bond acceptors (Lipinski definition) is 4. The van der Waals surface area contributed by atoms with Gasteiger partial charge >= 0.3 is 0 Å². The first-order valence-electron chi connectivity index (χ1n) is 6.99. The van der Waals surface area contributed by atoms with Crippen molar-refractivity contribution in [3.05, 3.63) is 33.0 Å². The Labute approximate surface area is 137 Å². The van der Waals surface area contributed by atoms with Crippen molar-refractivity contribution in [3.63, 3.8) is 0 Å². The van der Waals surface area contributed by atoms with Crippen LogP contribution in [0.1, 0.15) is 19.8 Å². The molecule has 114 valence electrons. The minimum atomic E-state index is 0.0393. The highest BCUT2D eigenvalue weighted by atomic mass is 79.9. The Bertz CT molecular complexity index is 673. The second kappa shape index (κ2) is 7.96. The molecule has 0 radical (unpaired) electrons. The molecule has 0 bridgehead atoms. The van der Waals surface area contributed by atoms with E-state index in [1.54, 1.807) is 23.4 Å². The van der Waals surface area contributed by atoms with Crippen LogP contribution in [-0.2, 0) is 11.3 Å². The number of fused-ring (bicyclic) bond motifs is 1. The first kappa shape index (κ1) is 16.5. The van der Waals surface area contributed by atoms with E-state index in [0.717, 1.165) is 40.3 Å². The lowest BCUT2D eigenvalue weighted by Crippen LogP contribution is -2.23. The maximum atomic E-state index is 12.6. The van der Waals surface area contributed by atoms with Crippen LogP contribution < -0.4 is 5.56 Å². The Kier molecular flexibility index (Phi) is 6.26. The molecule has 0 aliphatic heterocycles. The average Bonchev–Trinajstić information content (AvgIpc) is 2.48. The molecule has 1 aromatic heterocycles. The first-order chi connectivity index (χ1) is 10.2. The fourth-order valence-corrected chi connectivity index (χ4v) is 3.37. The number of thioether (sulfide) groups is 1. The number of rotatable bonds is 7. The third-order valence-corrected chi connectivity index (χ3v) is 4.61. The fourth-order valence-electron chi connectivity index (χ4n) is 2.07. The quantitative estimate of drug-likeness (QED) is 0.423. The monoisotopic (exact) mass is 370 g/mol. The number of halogens is 1. The molecule has 0 amide bonds. The molecule has 21 heavy (non-hydrogen) atoms. The standard InChI is InChI=1S/C15H19BrN2O2S/c1-3-7-18-14(19)12-10-11(16)5-6-13(12)17-15(18)21-9-4-8-20-2/h5-6,10H,3-4,7-9H2,1-2H3. The van der Waals surface area contributed by atoms with Crippen LogP contribution in [0.25, 0.3) is 10.9 Å². The summed E-state index contributed by atoms with van der Waals surface area (Å²) in [5.74, 6) is 0.895. The second-order valence-corrected chi connectivity index (χ2v) is 6.69. The van der Waals surface area contributed by atoms with Gasteiger partial charge in [-0.3, -0.25) is 9.36 Å². The number of nitrogens with zero attached hydrogens (tertiary/aromatic N) is 2. The molecule has 0 unspecified atom stereocenters. The second-order valence-electron chi connectivity index (χ2n) is 4.71. The number of ether oxygens (including phenoxy) is 1. The SMILES string of the molecule is CCCn1c(SCCCOC)nc2ccc(Br)cc2c1=O. The van der Waals surface area contributed by atoms with Crippen molar-refractivity contribution in [2.75, 3.05) is 19.5 Å². The maximum Gasteiger partial charge on any atom is 0.262 e. The van der Waals surface area contributed by atoms with E-state index in [0.29, 0.717) is 11.9 Å². The van der Waals surface area contributed by atoms with Gasteiger partial charge in [-0.1, -0.05) is 34.6 Å². The van der Waals surface area contributed by atoms with Gasteiger partial charge in [-0.05, 0) is 31.0 Å². The van der Waals surface area contributed by atoms with Crippen molar-refractivity contribution in [3.8, 4) is 0 Å². The van der Waals surface area contributed by atoms with Gasteiger partial charge in [-0.2, -0.15) is 0 Å². The summed E-state index contributed by atoms with van der Waals surface area (Å²) in [6, 6.07) is 5.64. The summed E-state index contributed by atoms with van der Waals surface area (Å²) in [4.78, 5) is 17.3. The van der Waals surface area contributed by atoms with E-state index in [9.17, 15) is 4.79 Å². The third kappa shape index (κ3) is 4.08. The predicted molar refractivity (Wildman–Crippen MR) is 91.2 cm³/mol. The number of hydrogen-bond donors (Lipinski definition) is 0. The molecule has 0 N–H and O–H groups in total. The predicted octanol–water partition coefficient (Wildman–Crippen LogP) is 3.70. The molecule has 2 rings (SSSR count). The Balaban J connectivity index is 2.40. The van der Waals surface area contributed by atoms with Crippen LogP contribution >= 0.6 is 27.7 Å². The molecule has 2 aromatic rings. The van der Waals surface area contributed by atoms with Gasteiger partial charge in [0.05, 0.1) is 10.9 Å². The Morgan fingerprint density at radius 3 is 2.95 bits per heavy atom. The topological polar surface area (TPSA) is 44.1 Å². The highest BCUT2D eigenvalue weighted by molar-refractivity contribution is 9.10. The van der Waals surface area contributed by atoms with Crippen molar-refractivity contribution in [2.24, 2.45) is 0 Å². The highest BCUT2D eigenvalue weighted by Gasteiger charge is 2.11. The van der Waals surface area contributed by atoms with E-state index in [1.165, 1.54) is 0 Å². The number of benzene rings is 1. The third-order valence-electron chi connectivity index (χ3n) is 3.05. The zero-order valence-corrected chi connectivity index (χ0v) is 14.7. The average molecular weight is 371 g/mol. The lowest BCUT2D eigenvalue weighted by atomic mass is 10.2. The molecule has 1 aromatic carbocycles. The van der Waals surface area contributed by atoms with E-state index in [1.807, 2.05) is 18.2 Å². The smallest absolute Gasteiger partial charge is 0.262 e. The molecule has 0 spiro atoms. The zero-order valence-electron chi connectivity index (χ0n) is 12.3. The van der Waals surface area contributed by atoms with Crippen molar-refractivity contribution >= 4 is 38.6 Å². The van der Waals surface area contributed by atoms with E-state index in [-0.39, 0.29) is 5.56 Å². The van der Waals surface area contributed by atoms with Crippen LogP contribution in [0.3, 0.4) is 0 Å². The van der Waals surface area contributed by atoms with Crippen LogP contribution in [0.5, 0.6) is 0 Å². The van der Waals surface area contributed by atoms with Gasteiger partial charge in [0, 0.05) is 30.5 Å². The first-order valence-corrected chi connectivity index (χ1v) is 8.77. The largest absolute Gasteiger partial charge is 0.385 e. The zero-order chi connectivity index (χ0) is 15.2. The van der Waals surface area contributed by atoms with Crippen molar-refractivity contribution in [2.45, 2.75) is 31.5 Å². The molecule has 0 saturated carbocycles. The molecule has 0 saturated heterocycles. The van der Waals surface area contributed by atoms with E-state index < -0.39 is 0 Å². The summed E-state index contributed by atoms with van der Waals surface area (Å²) >= 11 is 5.03. The summed E-state index contributed by atoms with van der Waals surface area (Å²) < 4.78 is 7.74. The molecular formula is C15H19BrN2O2S. The van der Waals surface area contributed by atoms with Crippen molar-refractivity contribution in [1.29, 1.82) is 0 Å². The summed E-state index contributed by atoms with van der Waals surface area (Å²) in [6.45, 7) is 3.49. The van der Waals surface area contributed by atoms with Crippen molar-refractivity contribution in [1.82, 2.24) is 9.55 Å². The molecule has 0 fully saturated rings. The van der Waals surface area contributed by atoms with E-state index >= 15 is 0 Å². The van der Waals surface area contributed by atoms with Crippen LogP contribution in [0.4, 0.5) is 0 Å². The lowest BCUT2D eigenvalue weighted by molar-refractivity contribution is 0.200. The van der Waals surface area contributed by atoms with Gasteiger partial charge in [0.25, 0.3) is 5.56 Å². The number of aromatic nitrogens is 2.